The SMILES string of the molecule is C=C(C)C(=O)Oc1ccc(C(C)(C)c2ccc(OC(=O)C(=C)C)c(OC(=O)C(=C)C)c2)cc1. The van der Waals surface area contributed by atoms with Crippen molar-refractivity contribution in [2.45, 2.75) is 40.0 Å². The Kier molecular flexibility index (Phi) is 7.77. The van der Waals surface area contributed by atoms with E-state index >= 15 is 0 Å². The zero-order chi connectivity index (χ0) is 24.9. The summed E-state index contributed by atoms with van der Waals surface area (Å²) in [5, 5.41) is 0. The van der Waals surface area contributed by atoms with Crippen molar-refractivity contribution in [3.05, 3.63) is 90.0 Å². The van der Waals surface area contributed by atoms with E-state index < -0.39 is 23.3 Å². The molecule has 0 saturated heterocycles. The van der Waals surface area contributed by atoms with Gasteiger partial charge >= 0.3 is 17.9 Å². The van der Waals surface area contributed by atoms with E-state index in [0.717, 1.165) is 11.1 Å². The second-order valence-electron chi connectivity index (χ2n) is 8.32. The Morgan fingerprint density at radius 1 is 0.636 bits per heavy atom. The van der Waals surface area contributed by atoms with E-state index in [2.05, 4.69) is 19.7 Å². The molecule has 0 amide bonds. The highest BCUT2D eigenvalue weighted by Crippen LogP contribution is 2.38. The summed E-state index contributed by atoms with van der Waals surface area (Å²) in [5.41, 5.74) is 1.91. The summed E-state index contributed by atoms with van der Waals surface area (Å²) < 4.78 is 16.0. The topological polar surface area (TPSA) is 78.9 Å². The molecule has 0 atom stereocenters. The van der Waals surface area contributed by atoms with Gasteiger partial charge in [0.25, 0.3) is 0 Å². The normalized spacial score (nSPS) is 10.7. The van der Waals surface area contributed by atoms with Crippen LogP contribution in [0.3, 0.4) is 0 Å². The molecule has 0 radical (unpaired) electrons. The maximum absolute atomic E-state index is 12.2. The van der Waals surface area contributed by atoms with Crippen molar-refractivity contribution in [3.8, 4) is 17.2 Å². The molecule has 6 heteroatoms. The van der Waals surface area contributed by atoms with Crippen LogP contribution in [0.1, 0.15) is 45.7 Å². The average molecular weight is 449 g/mol. The van der Waals surface area contributed by atoms with Crippen molar-refractivity contribution in [2.75, 3.05) is 0 Å². The van der Waals surface area contributed by atoms with Crippen LogP contribution in [-0.2, 0) is 19.8 Å². The number of ether oxygens (including phenoxy) is 3. The van der Waals surface area contributed by atoms with Gasteiger partial charge in [-0.15, -0.1) is 0 Å². The molecule has 2 rings (SSSR count). The molecule has 0 aliphatic heterocycles. The van der Waals surface area contributed by atoms with E-state index in [4.69, 9.17) is 14.2 Å². The van der Waals surface area contributed by atoms with Crippen LogP contribution in [0.2, 0.25) is 0 Å². The first kappa shape index (κ1) is 25.3. The minimum atomic E-state index is -0.638. The minimum absolute atomic E-state index is 0.0928. The Morgan fingerprint density at radius 3 is 1.55 bits per heavy atom. The van der Waals surface area contributed by atoms with Gasteiger partial charge in [0.05, 0.1) is 0 Å². The highest BCUT2D eigenvalue weighted by molar-refractivity contribution is 5.91. The molecule has 0 aliphatic rings. The van der Waals surface area contributed by atoms with E-state index in [1.165, 1.54) is 13.8 Å². The van der Waals surface area contributed by atoms with Crippen molar-refractivity contribution in [1.82, 2.24) is 0 Å². The maximum atomic E-state index is 12.2. The van der Waals surface area contributed by atoms with Gasteiger partial charge in [0, 0.05) is 22.1 Å². The van der Waals surface area contributed by atoms with Gasteiger partial charge in [-0.05, 0) is 56.2 Å². The van der Waals surface area contributed by atoms with Crippen molar-refractivity contribution in [1.29, 1.82) is 0 Å². The fourth-order valence-electron chi connectivity index (χ4n) is 2.74. The molecule has 0 aromatic heterocycles. The van der Waals surface area contributed by atoms with Crippen molar-refractivity contribution >= 4 is 17.9 Å². The fourth-order valence-corrected chi connectivity index (χ4v) is 2.74. The molecule has 0 fully saturated rings. The highest BCUT2D eigenvalue weighted by atomic mass is 16.6. The summed E-state index contributed by atoms with van der Waals surface area (Å²) in [4.78, 5) is 35.9. The number of carbonyl (C=O) groups is 3. The predicted octanol–water partition coefficient (Wildman–Crippen LogP) is 5.46. The van der Waals surface area contributed by atoms with Gasteiger partial charge < -0.3 is 14.2 Å². The summed E-state index contributed by atoms with van der Waals surface area (Å²) in [6, 6.07) is 12.1. The van der Waals surface area contributed by atoms with Gasteiger partial charge in [-0.1, -0.05) is 51.8 Å². The minimum Gasteiger partial charge on any atom is -0.423 e. The van der Waals surface area contributed by atoms with Crippen molar-refractivity contribution < 1.29 is 28.6 Å². The third kappa shape index (κ3) is 6.29. The zero-order valence-corrected chi connectivity index (χ0v) is 19.6. The molecule has 0 unspecified atom stereocenters. The predicted molar refractivity (Wildman–Crippen MR) is 126 cm³/mol. The second kappa shape index (κ2) is 10.1. The van der Waals surface area contributed by atoms with Crippen LogP contribution < -0.4 is 14.2 Å². The molecule has 6 nitrogen and oxygen atoms in total. The Morgan fingerprint density at radius 2 is 1.06 bits per heavy atom. The lowest BCUT2D eigenvalue weighted by molar-refractivity contribution is -0.132. The van der Waals surface area contributed by atoms with Crippen molar-refractivity contribution in [2.24, 2.45) is 0 Å². The Balaban J connectivity index is 2.42. The van der Waals surface area contributed by atoms with Gasteiger partial charge in [0.1, 0.15) is 5.75 Å². The van der Waals surface area contributed by atoms with E-state index in [0.29, 0.717) is 11.3 Å². The Hall–Kier alpha value is -3.93. The second-order valence-corrected chi connectivity index (χ2v) is 8.32. The molecular formula is C27H28O6. The number of esters is 3. The van der Waals surface area contributed by atoms with Crippen LogP contribution in [0.5, 0.6) is 17.2 Å². The maximum Gasteiger partial charge on any atom is 0.338 e. The fraction of sp³-hybridized carbons (Fsp3) is 0.222. The Bertz CT molecular complexity index is 1140. The number of carbonyl (C=O) groups excluding carboxylic acids is 3. The number of benzene rings is 2. The molecule has 0 aliphatic carbocycles. The number of hydrogen-bond acceptors (Lipinski definition) is 6. The lowest BCUT2D eigenvalue weighted by Crippen LogP contribution is -2.20. The molecule has 2 aromatic rings. The van der Waals surface area contributed by atoms with Crippen LogP contribution in [0.15, 0.2) is 78.9 Å². The first-order chi connectivity index (χ1) is 15.3. The largest absolute Gasteiger partial charge is 0.423 e. The summed E-state index contributed by atoms with van der Waals surface area (Å²) in [6.07, 6.45) is 0. The summed E-state index contributed by atoms with van der Waals surface area (Å²) >= 11 is 0. The summed E-state index contributed by atoms with van der Waals surface area (Å²) in [5.74, 6) is -1.17. The molecule has 2 aromatic carbocycles. The van der Waals surface area contributed by atoms with Crippen LogP contribution >= 0.6 is 0 Å². The highest BCUT2D eigenvalue weighted by Gasteiger charge is 2.26. The van der Waals surface area contributed by atoms with E-state index in [-0.39, 0.29) is 22.6 Å². The van der Waals surface area contributed by atoms with Crippen LogP contribution in [0.25, 0.3) is 0 Å². The number of rotatable bonds is 8. The third-order valence-corrected chi connectivity index (χ3v) is 4.90. The van der Waals surface area contributed by atoms with Gasteiger partial charge in [-0.25, -0.2) is 14.4 Å². The smallest absolute Gasteiger partial charge is 0.338 e. The third-order valence-electron chi connectivity index (χ3n) is 4.90. The van der Waals surface area contributed by atoms with Gasteiger partial charge in [-0.3, -0.25) is 0 Å². The molecule has 172 valence electrons. The van der Waals surface area contributed by atoms with Crippen molar-refractivity contribution in [3.63, 3.8) is 0 Å². The van der Waals surface area contributed by atoms with Gasteiger partial charge in [0.15, 0.2) is 11.5 Å². The molecular weight excluding hydrogens is 420 g/mol. The molecule has 0 spiro atoms. The van der Waals surface area contributed by atoms with Gasteiger partial charge in [0.2, 0.25) is 0 Å². The van der Waals surface area contributed by atoms with Crippen LogP contribution in [-0.4, -0.2) is 17.9 Å². The van der Waals surface area contributed by atoms with E-state index in [1.807, 2.05) is 26.0 Å². The standard InChI is InChI=1S/C27H28O6/c1-16(2)24(28)31-21-12-9-19(10-13-21)27(7,8)20-11-14-22(32-25(29)17(3)4)23(15-20)33-26(30)18(5)6/h9-15H,1,3,5H2,2,4,6-8H3. The monoisotopic (exact) mass is 448 g/mol. The lowest BCUT2D eigenvalue weighted by Gasteiger charge is -2.27. The molecule has 0 heterocycles. The van der Waals surface area contributed by atoms with Crippen LogP contribution in [0.4, 0.5) is 0 Å². The number of hydrogen-bond donors (Lipinski definition) is 0. The molecule has 0 bridgehead atoms. The first-order valence-electron chi connectivity index (χ1n) is 10.2. The summed E-state index contributed by atoms with van der Waals surface area (Å²) in [6.45, 7) is 19.3. The zero-order valence-electron chi connectivity index (χ0n) is 19.6. The van der Waals surface area contributed by atoms with E-state index in [9.17, 15) is 14.4 Å². The Labute approximate surface area is 194 Å². The lowest BCUT2D eigenvalue weighted by atomic mass is 9.78. The average Bonchev–Trinajstić information content (AvgIpc) is 2.74. The van der Waals surface area contributed by atoms with E-state index in [1.54, 1.807) is 37.3 Å². The molecule has 0 saturated carbocycles. The molecule has 33 heavy (non-hydrogen) atoms. The summed E-state index contributed by atoms with van der Waals surface area (Å²) in [7, 11) is 0. The van der Waals surface area contributed by atoms with Crippen LogP contribution in [0, 0.1) is 0 Å². The first-order valence-corrected chi connectivity index (χ1v) is 10.2. The molecule has 0 N–H and O–H groups in total. The van der Waals surface area contributed by atoms with Gasteiger partial charge in [-0.2, -0.15) is 0 Å². The quantitative estimate of drug-likeness (QED) is 0.303.